The first-order chi connectivity index (χ1) is 12.6. The van der Waals surface area contributed by atoms with E-state index in [1.165, 1.54) is 0 Å². The molecule has 1 aromatic heterocycles. The number of aryl methyl sites for hydroxylation is 1. The molecule has 142 valence electrons. The van der Waals surface area contributed by atoms with Crippen molar-refractivity contribution in [1.82, 2.24) is 14.7 Å². The smallest absolute Gasteiger partial charge is 0.245 e. The Kier molecular flexibility index (Phi) is 7.47. The molecule has 0 bridgehead atoms. The molecule has 2 aromatic rings. The zero-order valence-electron chi connectivity index (χ0n) is 15.9. The third kappa shape index (κ3) is 5.49. The molecule has 7 nitrogen and oxygen atoms in total. The summed E-state index contributed by atoms with van der Waals surface area (Å²) in [4.78, 5) is 14.9. The highest BCUT2D eigenvalue weighted by Crippen LogP contribution is 2.19. The fourth-order valence-electron chi connectivity index (χ4n) is 2.72. The lowest BCUT2D eigenvalue weighted by molar-refractivity contribution is -0.133. The van der Waals surface area contributed by atoms with Crippen molar-refractivity contribution in [2.24, 2.45) is 7.05 Å². The number of hydrogen-bond donors (Lipinski definition) is 1. The largest absolute Gasteiger partial charge is 0.497 e. The number of hydrogen-bond acceptors (Lipinski definition) is 5. The van der Waals surface area contributed by atoms with Gasteiger partial charge in [0.15, 0.2) is 0 Å². The molecule has 1 aromatic carbocycles. The Labute approximate surface area is 154 Å². The number of carbonyl (C=O) groups is 1. The van der Waals surface area contributed by atoms with Gasteiger partial charge < -0.3 is 19.7 Å². The maximum Gasteiger partial charge on any atom is 0.245 e. The number of aromatic nitrogens is 2. The Balaban J connectivity index is 2.11. The van der Waals surface area contributed by atoms with Gasteiger partial charge in [-0.2, -0.15) is 5.10 Å². The second kappa shape index (κ2) is 9.82. The van der Waals surface area contributed by atoms with Crippen LogP contribution >= 0.6 is 0 Å². The SMILES string of the molecule is CC[C@H](Nc1cccc(OC)c1)C(=O)N(CCOC)Cc1cnn(C)c1. The molecule has 0 aliphatic carbocycles. The lowest BCUT2D eigenvalue weighted by Crippen LogP contribution is -2.43. The molecule has 0 aliphatic rings. The molecule has 1 amide bonds. The van der Waals surface area contributed by atoms with E-state index in [4.69, 9.17) is 9.47 Å². The topological polar surface area (TPSA) is 68.6 Å². The van der Waals surface area contributed by atoms with Crippen LogP contribution in [0.4, 0.5) is 5.69 Å². The van der Waals surface area contributed by atoms with Gasteiger partial charge in [-0.25, -0.2) is 0 Å². The van der Waals surface area contributed by atoms with Gasteiger partial charge in [0, 0.05) is 50.8 Å². The first-order valence-electron chi connectivity index (χ1n) is 8.73. The molecule has 0 aliphatic heterocycles. The van der Waals surface area contributed by atoms with Gasteiger partial charge in [0.25, 0.3) is 0 Å². The summed E-state index contributed by atoms with van der Waals surface area (Å²) in [6.07, 6.45) is 4.37. The number of carbonyl (C=O) groups excluding carboxylic acids is 1. The molecule has 0 unspecified atom stereocenters. The standard InChI is InChI=1S/C19H28N4O3/c1-5-18(21-16-7-6-8-17(11-16)26-4)19(24)23(9-10-25-3)14-15-12-20-22(2)13-15/h6-8,11-13,18,21H,5,9-10,14H2,1-4H3/t18-/m0/s1. The van der Waals surface area contributed by atoms with Gasteiger partial charge in [0.05, 0.1) is 19.9 Å². The van der Waals surface area contributed by atoms with E-state index in [1.807, 2.05) is 49.3 Å². The van der Waals surface area contributed by atoms with Gasteiger partial charge in [-0.05, 0) is 18.6 Å². The summed E-state index contributed by atoms with van der Waals surface area (Å²) >= 11 is 0. The van der Waals surface area contributed by atoms with Crippen LogP contribution in [0.25, 0.3) is 0 Å². The molecule has 0 saturated carbocycles. The Hall–Kier alpha value is -2.54. The van der Waals surface area contributed by atoms with Gasteiger partial charge in [-0.1, -0.05) is 13.0 Å². The summed E-state index contributed by atoms with van der Waals surface area (Å²) in [5.41, 5.74) is 1.85. The number of amides is 1. The first-order valence-corrected chi connectivity index (χ1v) is 8.73. The third-order valence-corrected chi connectivity index (χ3v) is 4.13. The van der Waals surface area contributed by atoms with Crippen LogP contribution < -0.4 is 10.1 Å². The Morgan fingerprint density at radius 3 is 2.81 bits per heavy atom. The van der Waals surface area contributed by atoms with E-state index in [0.29, 0.717) is 26.1 Å². The Morgan fingerprint density at radius 2 is 2.19 bits per heavy atom. The van der Waals surface area contributed by atoms with Crippen LogP contribution in [0, 0.1) is 0 Å². The fourth-order valence-corrected chi connectivity index (χ4v) is 2.72. The zero-order chi connectivity index (χ0) is 18.9. The van der Waals surface area contributed by atoms with Gasteiger partial charge in [0.1, 0.15) is 11.8 Å². The summed E-state index contributed by atoms with van der Waals surface area (Å²) in [5, 5.41) is 7.50. The summed E-state index contributed by atoms with van der Waals surface area (Å²) in [6.45, 7) is 3.52. The molecule has 2 rings (SSSR count). The third-order valence-electron chi connectivity index (χ3n) is 4.13. The molecule has 7 heteroatoms. The lowest BCUT2D eigenvalue weighted by Gasteiger charge is -2.27. The summed E-state index contributed by atoms with van der Waals surface area (Å²) in [6, 6.07) is 7.27. The molecule has 1 N–H and O–H groups in total. The molecule has 26 heavy (non-hydrogen) atoms. The van der Waals surface area contributed by atoms with E-state index in [0.717, 1.165) is 17.0 Å². The quantitative estimate of drug-likeness (QED) is 0.704. The number of nitrogens with one attached hydrogen (secondary N) is 1. The number of rotatable bonds is 10. The minimum Gasteiger partial charge on any atom is -0.497 e. The molecule has 0 radical (unpaired) electrons. The van der Waals surface area contributed by atoms with Crippen LogP contribution in [0.15, 0.2) is 36.7 Å². The van der Waals surface area contributed by atoms with Gasteiger partial charge in [-0.15, -0.1) is 0 Å². The molecular formula is C19H28N4O3. The van der Waals surface area contributed by atoms with Crippen molar-refractivity contribution in [1.29, 1.82) is 0 Å². The molecule has 1 heterocycles. The number of benzene rings is 1. The van der Waals surface area contributed by atoms with E-state index >= 15 is 0 Å². The van der Waals surface area contributed by atoms with Crippen LogP contribution in [-0.4, -0.2) is 54.0 Å². The van der Waals surface area contributed by atoms with Crippen molar-refractivity contribution in [2.45, 2.75) is 25.9 Å². The number of ether oxygens (including phenoxy) is 2. The monoisotopic (exact) mass is 360 g/mol. The molecular weight excluding hydrogens is 332 g/mol. The van der Waals surface area contributed by atoms with E-state index in [2.05, 4.69) is 10.4 Å². The van der Waals surface area contributed by atoms with Crippen molar-refractivity contribution in [3.8, 4) is 5.75 Å². The zero-order valence-corrected chi connectivity index (χ0v) is 15.9. The lowest BCUT2D eigenvalue weighted by atomic mass is 10.1. The maximum absolute atomic E-state index is 13.1. The van der Waals surface area contributed by atoms with Crippen molar-refractivity contribution in [3.63, 3.8) is 0 Å². The normalized spacial score (nSPS) is 11.8. The molecule has 1 atom stereocenters. The Bertz CT molecular complexity index is 702. The maximum atomic E-state index is 13.1. The number of methoxy groups -OCH3 is 2. The average Bonchev–Trinajstić information content (AvgIpc) is 3.07. The van der Waals surface area contributed by atoms with Crippen LogP contribution in [0.2, 0.25) is 0 Å². The summed E-state index contributed by atoms with van der Waals surface area (Å²) < 4.78 is 12.2. The molecule has 0 fully saturated rings. The van der Waals surface area contributed by atoms with Crippen LogP contribution in [0.3, 0.4) is 0 Å². The van der Waals surface area contributed by atoms with E-state index < -0.39 is 0 Å². The van der Waals surface area contributed by atoms with Crippen LogP contribution in [0.1, 0.15) is 18.9 Å². The predicted octanol–water partition coefficient (Wildman–Crippen LogP) is 2.29. The van der Waals surface area contributed by atoms with Crippen molar-refractivity contribution >= 4 is 11.6 Å². The highest BCUT2D eigenvalue weighted by atomic mass is 16.5. The Morgan fingerprint density at radius 1 is 1.38 bits per heavy atom. The second-order valence-electron chi connectivity index (χ2n) is 6.11. The van der Waals surface area contributed by atoms with Gasteiger partial charge in [0.2, 0.25) is 5.91 Å². The van der Waals surface area contributed by atoms with Crippen molar-refractivity contribution in [2.75, 3.05) is 32.7 Å². The van der Waals surface area contributed by atoms with E-state index in [-0.39, 0.29) is 11.9 Å². The number of anilines is 1. The van der Waals surface area contributed by atoms with Gasteiger partial charge in [-0.3, -0.25) is 9.48 Å². The average molecular weight is 360 g/mol. The van der Waals surface area contributed by atoms with Crippen molar-refractivity contribution < 1.29 is 14.3 Å². The van der Waals surface area contributed by atoms with Gasteiger partial charge >= 0.3 is 0 Å². The summed E-state index contributed by atoms with van der Waals surface area (Å²) in [5.74, 6) is 0.792. The first kappa shape index (κ1) is 19.8. The van der Waals surface area contributed by atoms with Crippen molar-refractivity contribution in [3.05, 3.63) is 42.2 Å². The second-order valence-corrected chi connectivity index (χ2v) is 6.11. The van der Waals surface area contributed by atoms with Crippen LogP contribution in [0.5, 0.6) is 5.75 Å². The predicted molar refractivity (Wildman–Crippen MR) is 101 cm³/mol. The van der Waals surface area contributed by atoms with Crippen LogP contribution in [-0.2, 0) is 23.1 Å². The molecule has 0 saturated heterocycles. The summed E-state index contributed by atoms with van der Waals surface area (Å²) in [7, 11) is 5.13. The van der Waals surface area contributed by atoms with E-state index in [9.17, 15) is 4.79 Å². The number of nitrogens with zero attached hydrogens (tertiary/aromatic N) is 3. The minimum absolute atomic E-state index is 0.0382. The minimum atomic E-state index is -0.323. The highest BCUT2D eigenvalue weighted by molar-refractivity contribution is 5.84. The fraction of sp³-hybridized carbons (Fsp3) is 0.474. The molecule has 0 spiro atoms. The highest BCUT2D eigenvalue weighted by Gasteiger charge is 2.23. The van der Waals surface area contributed by atoms with E-state index in [1.54, 1.807) is 25.1 Å².